The van der Waals surface area contributed by atoms with Gasteiger partial charge in [-0.25, -0.2) is 4.79 Å². The minimum atomic E-state index is -0.496. The second-order valence-corrected chi connectivity index (χ2v) is 8.69. The molecule has 1 amide bonds. The predicted octanol–water partition coefficient (Wildman–Crippen LogP) is 2.96. The van der Waals surface area contributed by atoms with Crippen LogP contribution in [-0.4, -0.2) is 81.6 Å². The molecule has 3 N–H and O–H groups in total. The van der Waals surface area contributed by atoms with Gasteiger partial charge in [-0.05, 0) is 46.5 Å². The number of nitrogens with zero attached hydrogens (tertiary/aromatic N) is 2. The number of carbonyl (C=O) groups excluding carboxylic acids is 1. The summed E-state index contributed by atoms with van der Waals surface area (Å²) < 4.78 is 10.5. The lowest BCUT2D eigenvalue weighted by Gasteiger charge is -2.33. The van der Waals surface area contributed by atoms with Crippen LogP contribution in [0.4, 0.5) is 4.79 Å². The standard InChI is InChI=1S/C21H43N5O3.HI/c1-7-9-18(25-20(27)29-21(2,3)4)16-23-19(22-5)24-17-10-13-26(14-11-17)12-8-15-28-6;/h17-18H,7-16H2,1-6H3,(H,25,27)(H2,22,23,24);1H. The van der Waals surface area contributed by atoms with Gasteiger partial charge in [0.05, 0.1) is 0 Å². The van der Waals surface area contributed by atoms with E-state index in [1.165, 1.54) is 0 Å². The van der Waals surface area contributed by atoms with Crippen LogP contribution in [0, 0.1) is 0 Å². The number of carbonyl (C=O) groups is 1. The molecule has 1 unspecified atom stereocenters. The highest BCUT2D eigenvalue weighted by Gasteiger charge is 2.21. The Kier molecular flexibility index (Phi) is 15.5. The third-order valence-electron chi connectivity index (χ3n) is 4.85. The van der Waals surface area contributed by atoms with Gasteiger partial charge >= 0.3 is 6.09 Å². The molecule has 1 fully saturated rings. The van der Waals surface area contributed by atoms with Crippen LogP contribution in [0.2, 0.25) is 0 Å². The minimum absolute atomic E-state index is 0. The quantitative estimate of drug-likeness (QED) is 0.171. The summed E-state index contributed by atoms with van der Waals surface area (Å²) in [5, 5.41) is 9.85. The van der Waals surface area contributed by atoms with E-state index in [0.717, 1.165) is 64.3 Å². The predicted molar refractivity (Wildman–Crippen MR) is 134 cm³/mol. The number of halogens is 1. The minimum Gasteiger partial charge on any atom is -0.444 e. The van der Waals surface area contributed by atoms with Crippen molar-refractivity contribution in [3.8, 4) is 0 Å². The van der Waals surface area contributed by atoms with E-state index in [4.69, 9.17) is 9.47 Å². The molecule has 1 atom stereocenters. The molecule has 0 radical (unpaired) electrons. The molecule has 1 rings (SSSR count). The molecule has 1 aliphatic heterocycles. The maximum Gasteiger partial charge on any atom is 0.407 e. The van der Waals surface area contributed by atoms with Gasteiger partial charge in [0.15, 0.2) is 5.96 Å². The molecule has 0 bridgehead atoms. The molecular formula is C21H44IN5O3. The highest BCUT2D eigenvalue weighted by molar-refractivity contribution is 14.0. The summed E-state index contributed by atoms with van der Waals surface area (Å²) in [7, 11) is 3.54. The molecule has 1 heterocycles. The molecule has 0 spiro atoms. The van der Waals surface area contributed by atoms with Crippen molar-refractivity contribution in [3.63, 3.8) is 0 Å². The van der Waals surface area contributed by atoms with Gasteiger partial charge in [-0.1, -0.05) is 13.3 Å². The van der Waals surface area contributed by atoms with E-state index in [9.17, 15) is 4.79 Å². The number of methoxy groups -OCH3 is 1. The Bertz CT molecular complexity index is 492. The summed E-state index contributed by atoms with van der Waals surface area (Å²) in [5.41, 5.74) is -0.496. The molecule has 0 aromatic carbocycles. The number of aliphatic imine (C=N–C) groups is 1. The van der Waals surface area contributed by atoms with Crippen LogP contribution in [0.5, 0.6) is 0 Å². The van der Waals surface area contributed by atoms with Gasteiger partial charge in [-0.2, -0.15) is 0 Å². The maximum absolute atomic E-state index is 12.1. The van der Waals surface area contributed by atoms with Crippen molar-refractivity contribution in [2.75, 3.05) is 46.9 Å². The van der Waals surface area contributed by atoms with E-state index in [2.05, 4.69) is 32.8 Å². The zero-order chi connectivity index (χ0) is 21.7. The van der Waals surface area contributed by atoms with Gasteiger partial charge in [0.2, 0.25) is 0 Å². The first-order valence-corrected chi connectivity index (χ1v) is 10.9. The van der Waals surface area contributed by atoms with E-state index in [-0.39, 0.29) is 36.1 Å². The van der Waals surface area contributed by atoms with Gasteiger partial charge in [0.25, 0.3) is 0 Å². The maximum atomic E-state index is 12.1. The fraction of sp³-hybridized carbons (Fsp3) is 0.905. The molecule has 9 heteroatoms. The average Bonchev–Trinajstić information content (AvgIpc) is 2.65. The smallest absolute Gasteiger partial charge is 0.407 e. The van der Waals surface area contributed by atoms with Crippen LogP contribution in [0.1, 0.15) is 59.8 Å². The number of likely N-dealkylation sites (tertiary alicyclic amines) is 1. The number of ether oxygens (including phenoxy) is 2. The van der Waals surface area contributed by atoms with Crippen molar-refractivity contribution >= 4 is 36.0 Å². The molecule has 0 saturated carbocycles. The molecular weight excluding hydrogens is 497 g/mol. The van der Waals surface area contributed by atoms with Gasteiger partial charge in [-0.15, -0.1) is 24.0 Å². The van der Waals surface area contributed by atoms with Crippen LogP contribution >= 0.6 is 24.0 Å². The van der Waals surface area contributed by atoms with Crippen LogP contribution in [0.15, 0.2) is 4.99 Å². The molecule has 178 valence electrons. The highest BCUT2D eigenvalue weighted by atomic mass is 127. The van der Waals surface area contributed by atoms with Gasteiger partial charge < -0.3 is 30.3 Å². The Hall–Kier alpha value is -0.810. The Morgan fingerprint density at radius 3 is 2.47 bits per heavy atom. The summed E-state index contributed by atoms with van der Waals surface area (Å²) >= 11 is 0. The second-order valence-electron chi connectivity index (χ2n) is 8.69. The lowest BCUT2D eigenvalue weighted by molar-refractivity contribution is 0.0502. The number of rotatable bonds is 10. The lowest BCUT2D eigenvalue weighted by atomic mass is 10.1. The zero-order valence-corrected chi connectivity index (χ0v) is 22.1. The summed E-state index contributed by atoms with van der Waals surface area (Å²) in [6.45, 7) is 12.4. The first-order chi connectivity index (χ1) is 13.8. The fourth-order valence-electron chi connectivity index (χ4n) is 3.39. The number of guanidine groups is 1. The summed E-state index contributed by atoms with van der Waals surface area (Å²) in [5.74, 6) is 0.787. The van der Waals surface area contributed by atoms with Crippen LogP contribution in [0.25, 0.3) is 0 Å². The van der Waals surface area contributed by atoms with Crippen molar-refractivity contribution in [1.82, 2.24) is 20.9 Å². The van der Waals surface area contributed by atoms with E-state index in [1.807, 2.05) is 20.8 Å². The molecule has 0 aromatic heterocycles. The van der Waals surface area contributed by atoms with Gasteiger partial charge in [0.1, 0.15) is 5.60 Å². The largest absolute Gasteiger partial charge is 0.444 e. The van der Waals surface area contributed by atoms with E-state index < -0.39 is 5.60 Å². The number of amides is 1. The Balaban J connectivity index is 0.00000841. The van der Waals surface area contributed by atoms with Gasteiger partial charge in [0, 0.05) is 59.0 Å². The molecule has 8 nitrogen and oxygen atoms in total. The van der Waals surface area contributed by atoms with Crippen molar-refractivity contribution in [3.05, 3.63) is 0 Å². The van der Waals surface area contributed by atoms with Crippen molar-refractivity contribution in [2.24, 2.45) is 4.99 Å². The summed E-state index contributed by atoms with van der Waals surface area (Å²) in [6, 6.07) is 0.416. The van der Waals surface area contributed by atoms with Crippen LogP contribution in [-0.2, 0) is 9.47 Å². The van der Waals surface area contributed by atoms with E-state index in [0.29, 0.717) is 12.6 Å². The third-order valence-corrected chi connectivity index (χ3v) is 4.85. The highest BCUT2D eigenvalue weighted by Crippen LogP contribution is 2.11. The monoisotopic (exact) mass is 541 g/mol. The average molecular weight is 542 g/mol. The molecule has 30 heavy (non-hydrogen) atoms. The Morgan fingerprint density at radius 1 is 1.27 bits per heavy atom. The van der Waals surface area contributed by atoms with E-state index in [1.54, 1.807) is 14.2 Å². The van der Waals surface area contributed by atoms with Crippen molar-refractivity contribution in [1.29, 1.82) is 0 Å². The van der Waals surface area contributed by atoms with Crippen LogP contribution in [0.3, 0.4) is 0 Å². The molecule has 1 aliphatic rings. The van der Waals surface area contributed by atoms with Gasteiger partial charge in [-0.3, -0.25) is 4.99 Å². The molecule has 0 aromatic rings. The topological polar surface area (TPSA) is 87.2 Å². The summed E-state index contributed by atoms with van der Waals surface area (Å²) in [4.78, 5) is 18.9. The van der Waals surface area contributed by atoms with Crippen molar-refractivity contribution in [2.45, 2.75) is 77.5 Å². The SMILES string of the molecule is CCCC(CNC(=NC)NC1CCN(CCCOC)CC1)NC(=O)OC(C)(C)C.I. The normalized spacial score (nSPS) is 17.1. The first kappa shape index (κ1) is 29.2. The second kappa shape index (κ2) is 15.9. The third kappa shape index (κ3) is 13.5. The number of hydrogen-bond donors (Lipinski definition) is 3. The number of hydrogen-bond acceptors (Lipinski definition) is 5. The number of piperidine rings is 1. The zero-order valence-electron chi connectivity index (χ0n) is 19.8. The Labute approximate surface area is 200 Å². The fourth-order valence-corrected chi connectivity index (χ4v) is 3.39. The van der Waals surface area contributed by atoms with Crippen LogP contribution < -0.4 is 16.0 Å². The molecule has 0 aliphatic carbocycles. The lowest BCUT2D eigenvalue weighted by Crippen LogP contribution is -2.52. The number of nitrogens with one attached hydrogen (secondary N) is 3. The summed E-state index contributed by atoms with van der Waals surface area (Å²) in [6.07, 6.45) is 4.77. The van der Waals surface area contributed by atoms with Crippen molar-refractivity contribution < 1.29 is 14.3 Å². The van der Waals surface area contributed by atoms with E-state index >= 15 is 0 Å². The molecule has 1 saturated heterocycles. The first-order valence-electron chi connectivity index (χ1n) is 10.9. The number of alkyl carbamates (subject to hydrolysis) is 1. The Morgan fingerprint density at radius 2 is 1.93 bits per heavy atom.